The molecule has 8 heteroatoms. The van der Waals surface area contributed by atoms with Crippen molar-refractivity contribution in [2.24, 2.45) is 5.92 Å². The summed E-state index contributed by atoms with van der Waals surface area (Å²) >= 11 is 0. The van der Waals surface area contributed by atoms with Gasteiger partial charge in [-0.15, -0.1) is 0 Å². The number of H-pyrrole nitrogens is 2. The fourth-order valence-corrected chi connectivity index (χ4v) is 4.85. The fourth-order valence-electron chi connectivity index (χ4n) is 4.85. The molecule has 4 aromatic heterocycles. The van der Waals surface area contributed by atoms with Crippen LogP contribution in [0.5, 0.6) is 0 Å². The van der Waals surface area contributed by atoms with Gasteiger partial charge in [0.2, 0.25) is 5.91 Å². The molecule has 0 saturated heterocycles. The molecule has 8 nitrogen and oxygen atoms in total. The van der Waals surface area contributed by atoms with Crippen molar-refractivity contribution in [2.75, 3.05) is 5.32 Å². The van der Waals surface area contributed by atoms with Gasteiger partial charge in [-0.1, -0.05) is 30.7 Å². The van der Waals surface area contributed by atoms with Crippen molar-refractivity contribution in [1.29, 1.82) is 0 Å². The summed E-state index contributed by atoms with van der Waals surface area (Å²) in [5.74, 6) is 0.888. The molecule has 7 rings (SSSR count). The topological polar surface area (TPSA) is 112 Å². The lowest BCUT2D eigenvalue weighted by atomic mass is 9.85. The van der Waals surface area contributed by atoms with Crippen LogP contribution in [-0.2, 0) is 4.79 Å². The molecule has 1 amide bonds. The number of para-hydroxylation sites is 1. The van der Waals surface area contributed by atoms with Gasteiger partial charge in [-0.05, 0) is 48.7 Å². The third kappa shape index (κ3) is 3.83. The maximum absolute atomic E-state index is 12.4. The largest absolute Gasteiger partial charge is 0.337 e. The van der Waals surface area contributed by atoms with Gasteiger partial charge in [0.05, 0.1) is 28.4 Å². The summed E-state index contributed by atoms with van der Waals surface area (Å²) in [5.41, 5.74) is 8.10. The summed E-state index contributed by atoms with van der Waals surface area (Å²) in [6.07, 6.45) is 10.2. The van der Waals surface area contributed by atoms with Crippen molar-refractivity contribution >= 4 is 33.5 Å². The first kappa shape index (κ1) is 21.4. The van der Waals surface area contributed by atoms with Crippen LogP contribution in [0, 0.1) is 5.92 Å². The van der Waals surface area contributed by atoms with Crippen molar-refractivity contribution < 1.29 is 4.79 Å². The second-order valence-corrected chi connectivity index (χ2v) is 9.44. The molecular weight excluding hydrogens is 462 g/mol. The molecule has 6 aromatic rings. The van der Waals surface area contributed by atoms with Crippen LogP contribution >= 0.6 is 0 Å². The molecule has 1 aliphatic rings. The summed E-state index contributed by atoms with van der Waals surface area (Å²) in [6.45, 7) is 0. The third-order valence-electron chi connectivity index (χ3n) is 7.09. The summed E-state index contributed by atoms with van der Waals surface area (Å²) < 4.78 is 0. The Morgan fingerprint density at radius 2 is 1.81 bits per heavy atom. The van der Waals surface area contributed by atoms with E-state index >= 15 is 0 Å². The lowest BCUT2D eigenvalue weighted by Gasteiger charge is -2.24. The quantitative estimate of drug-likeness (QED) is 0.279. The molecule has 0 spiro atoms. The Labute approximate surface area is 212 Å². The molecule has 2 aromatic carbocycles. The van der Waals surface area contributed by atoms with Gasteiger partial charge in [-0.2, -0.15) is 5.10 Å². The van der Waals surface area contributed by atoms with E-state index in [1.165, 1.54) is 0 Å². The van der Waals surface area contributed by atoms with Gasteiger partial charge in [0.15, 0.2) is 5.82 Å². The number of carbonyl (C=O) groups excluding carboxylic acids is 1. The van der Waals surface area contributed by atoms with Crippen LogP contribution in [0.4, 0.5) is 5.69 Å². The van der Waals surface area contributed by atoms with Crippen molar-refractivity contribution in [1.82, 2.24) is 30.1 Å². The standard InChI is InChI=1S/C29H23N7O/c37-29(17-4-1-5-17)32-21-12-20(15-31-16-21)18-9-10-24-23(13-18)27(36-35-24)28-33-25-8-2-7-22(26(25)34-28)19-6-3-11-30-14-19/h2-3,6-17H,1,4-5H2,(H,32,37)(H,33,34)(H,35,36). The van der Waals surface area contributed by atoms with Crippen LogP contribution in [0.25, 0.3) is 55.7 Å². The number of fused-ring (bicyclic) bond motifs is 2. The molecule has 0 aliphatic heterocycles. The maximum Gasteiger partial charge on any atom is 0.227 e. The van der Waals surface area contributed by atoms with E-state index in [-0.39, 0.29) is 11.8 Å². The van der Waals surface area contributed by atoms with Crippen molar-refractivity contribution in [2.45, 2.75) is 19.3 Å². The Bertz CT molecular complexity index is 1770. The van der Waals surface area contributed by atoms with Gasteiger partial charge in [-0.25, -0.2) is 4.98 Å². The van der Waals surface area contributed by atoms with Gasteiger partial charge < -0.3 is 10.3 Å². The number of anilines is 1. The number of benzene rings is 2. The minimum absolute atomic E-state index is 0.0771. The number of aromatic nitrogens is 6. The molecule has 1 fully saturated rings. The maximum atomic E-state index is 12.4. The van der Waals surface area contributed by atoms with E-state index < -0.39 is 0 Å². The molecule has 37 heavy (non-hydrogen) atoms. The highest BCUT2D eigenvalue weighted by Crippen LogP contribution is 2.33. The number of hydrogen-bond acceptors (Lipinski definition) is 5. The van der Waals surface area contributed by atoms with Crippen LogP contribution in [0.2, 0.25) is 0 Å². The van der Waals surface area contributed by atoms with Crippen molar-refractivity contribution in [3.05, 3.63) is 79.4 Å². The summed E-state index contributed by atoms with van der Waals surface area (Å²) in [7, 11) is 0. The Hall–Kier alpha value is -4.85. The van der Waals surface area contributed by atoms with Gasteiger partial charge in [0, 0.05) is 46.6 Å². The third-order valence-corrected chi connectivity index (χ3v) is 7.09. The van der Waals surface area contributed by atoms with Crippen LogP contribution in [0.15, 0.2) is 79.4 Å². The van der Waals surface area contributed by atoms with E-state index in [1.54, 1.807) is 18.6 Å². The molecule has 1 aliphatic carbocycles. The number of rotatable bonds is 5. The second-order valence-electron chi connectivity index (χ2n) is 9.44. The number of aromatic amines is 2. The zero-order valence-electron chi connectivity index (χ0n) is 19.9. The van der Waals surface area contributed by atoms with Crippen LogP contribution in [0.1, 0.15) is 19.3 Å². The first-order valence-corrected chi connectivity index (χ1v) is 12.4. The smallest absolute Gasteiger partial charge is 0.227 e. The molecular formula is C29H23N7O. The first-order chi connectivity index (χ1) is 18.2. The summed E-state index contributed by atoms with van der Waals surface area (Å²) in [6, 6.07) is 18.1. The van der Waals surface area contributed by atoms with Crippen LogP contribution in [0.3, 0.4) is 0 Å². The van der Waals surface area contributed by atoms with Gasteiger partial charge in [0.1, 0.15) is 5.69 Å². The van der Waals surface area contributed by atoms with Gasteiger partial charge >= 0.3 is 0 Å². The predicted molar refractivity (Wildman–Crippen MR) is 144 cm³/mol. The molecule has 0 radical (unpaired) electrons. The highest BCUT2D eigenvalue weighted by molar-refractivity contribution is 5.98. The summed E-state index contributed by atoms with van der Waals surface area (Å²) in [5, 5.41) is 11.7. The molecule has 0 unspecified atom stereocenters. The minimum Gasteiger partial charge on any atom is -0.337 e. The van der Waals surface area contributed by atoms with E-state index in [0.717, 1.165) is 69.1 Å². The molecule has 0 bridgehead atoms. The van der Waals surface area contributed by atoms with Crippen LogP contribution < -0.4 is 5.32 Å². The summed E-state index contributed by atoms with van der Waals surface area (Å²) in [4.78, 5) is 29.4. The Balaban J connectivity index is 1.26. The zero-order chi connectivity index (χ0) is 24.8. The molecule has 4 heterocycles. The average molecular weight is 486 g/mol. The number of hydrogen-bond donors (Lipinski definition) is 3. The zero-order valence-corrected chi connectivity index (χ0v) is 19.9. The van der Waals surface area contributed by atoms with E-state index in [4.69, 9.17) is 4.98 Å². The molecule has 180 valence electrons. The lowest BCUT2D eigenvalue weighted by molar-refractivity contribution is -0.122. The Kier molecular flexibility index (Phi) is 5.02. The van der Waals surface area contributed by atoms with Crippen LogP contribution in [-0.4, -0.2) is 36.0 Å². The minimum atomic E-state index is 0.0771. The Morgan fingerprint density at radius 3 is 2.65 bits per heavy atom. The SMILES string of the molecule is O=C(Nc1cncc(-c2ccc3[nH]nc(-c4nc5c(-c6cccnc6)cccc5[nH]4)c3c2)c1)C1CCC1. The monoisotopic (exact) mass is 485 g/mol. The fraction of sp³-hybridized carbons (Fsp3) is 0.138. The Morgan fingerprint density at radius 1 is 0.892 bits per heavy atom. The first-order valence-electron chi connectivity index (χ1n) is 12.4. The van der Waals surface area contributed by atoms with Crippen molar-refractivity contribution in [3.8, 4) is 33.8 Å². The van der Waals surface area contributed by atoms with E-state index in [1.807, 2.05) is 48.7 Å². The number of pyridine rings is 2. The normalized spacial score (nSPS) is 13.6. The number of imidazole rings is 1. The van der Waals surface area contributed by atoms with Gasteiger partial charge in [0.25, 0.3) is 0 Å². The van der Waals surface area contributed by atoms with E-state index in [0.29, 0.717) is 11.5 Å². The lowest BCUT2D eigenvalue weighted by Crippen LogP contribution is -2.28. The van der Waals surface area contributed by atoms with Crippen molar-refractivity contribution in [3.63, 3.8) is 0 Å². The molecule has 1 saturated carbocycles. The van der Waals surface area contributed by atoms with E-state index in [2.05, 4.69) is 42.6 Å². The molecule has 0 atom stereocenters. The highest BCUT2D eigenvalue weighted by Gasteiger charge is 2.25. The second kappa shape index (κ2) is 8.67. The van der Waals surface area contributed by atoms with Gasteiger partial charge in [-0.3, -0.25) is 19.9 Å². The number of nitrogens with one attached hydrogen (secondary N) is 3. The predicted octanol–water partition coefficient (Wildman–Crippen LogP) is 5.97. The number of amides is 1. The number of nitrogens with zero attached hydrogens (tertiary/aromatic N) is 4. The molecule has 3 N–H and O–H groups in total. The highest BCUT2D eigenvalue weighted by atomic mass is 16.1. The average Bonchev–Trinajstić information content (AvgIpc) is 3.52. The number of carbonyl (C=O) groups is 1. The van der Waals surface area contributed by atoms with E-state index in [9.17, 15) is 4.79 Å².